The third kappa shape index (κ3) is 5.35. The van der Waals surface area contributed by atoms with Crippen molar-refractivity contribution in [1.82, 2.24) is 9.97 Å². The summed E-state index contributed by atoms with van der Waals surface area (Å²) in [6.07, 6.45) is 3.39. The molecule has 0 N–H and O–H groups in total. The van der Waals surface area contributed by atoms with Crippen molar-refractivity contribution in [3.63, 3.8) is 0 Å². The minimum Gasteiger partial charge on any atom is -0.302 e. The fraction of sp³-hybridized carbons (Fsp3) is 0.105. The first-order valence-corrected chi connectivity index (χ1v) is 17.5. The first-order valence-electron chi connectivity index (χ1n) is 15.1. The smallest absolute Gasteiger partial charge is 0.177 e. The molecule has 10 heteroatoms. The first kappa shape index (κ1) is 30.8. The van der Waals surface area contributed by atoms with E-state index in [1.807, 2.05) is 30.3 Å². The van der Waals surface area contributed by atoms with Gasteiger partial charge >= 0.3 is 0 Å². The molecule has 228 valence electrons. The Morgan fingerprint density at radius 1 is 0.688 bits per heavy atom. The predicted molar refractivity (Wildman–Crippen MR) is 196 cm³/mol. The van der Waals surface area contributed by atoms with Gasteiger partial charge in [-0.2, -0.15) is 21.0 Å². The quantitative estimate of drug-likeness (QED) is 0.154. The molecule has 7 rings (SSSR count). The lowest BCUT2D eigenvalue weighted by Crippen LogP contribution is -2.08. The van der Waals surface area contributed by atoms with Crippen molar-refractivity contribution < 1.29 is 0 Å². The third-order valence-corrected chi connectivity index (χ3v) is 11.9. The highest BCUT2D eigenvalue weighted by Crippen LogP contribution is 2.51. The summed E-state index contributed by atoms with van der Waals surface area (Å²) in [5, 5.41) is 39.2. The number of benzene rings is 3. The van der Waals surface area contributed by atoms with Crippen LogP contribution in [0.15, 0.2) is 78.4 Å². The molecule has 0 aliphatic heterocycles. The summed E-state index contributed by atoms with van der Waals surface area (Å²) in [6, 6.07) is 33.2. The molecule has 0 unspecified atom stereocenters. The van der Waals surface area contributed by atoms with Crippen molar-refractivity contribution in [3.8, 4) is 34.7 Å². The minimum atomic E-state index is -0.106. The molecule has 0 fully saturated rings. The molecule has 0 saturated carbocycles. The van der Waals surface area contributed by atoms with E-state index >= 15 is 0 Å². The van der Waals surface area contributed by atoms with E-state index in [4.69, 9.17) is 0 Å². The van der Waals surface area contributed by atoms with Crippen LogP contribution in [0.5, 0.6) is 0 Å². The summed E-state index contributed by atoms with van der Waals surface area (Å²) in [6.45, 7) is 4.33. The summed E-state index contributed by atoms with van der Waals surface area (Å²) in [7, 11) is 0. The third-order valence-electron chi connectivity index (χ3n) is 8.11. The van der Waals surface area contributed by atoms with Crippen LogP contribution >= 0.6 is 34.0 Å². The molecule has 7 aromatic rings. The molecular weight excluding hydrogens is 651 g/mol. The van der Waals surface area contributed by atoms with Gasteiger partial charge in [0.25, 0.3) is 0 Å². The van der Waals surface area contributed by atoms with Crippen LogP contribution in [-0.4, -0.2) is 9.97 Å². The fourth-order valence-electron chi connectivity index (χ4n) is 5.60. The van der Waals surface area contributed by atoms with Gasteiger partial charge in [0.15, 0.2) is 11.4 Å². The highest BCUT2D eigenvalue weighted by molar-refractivity contribution is 7.40. The molecule has 0 aliphatic rings. The van der Waals surface area contributed by atoms with E-state index in [1.54, 1.807) is 40.1 Å². The number of fused-ring (bicyclic) bond motifs is 4. The number of nitriles is 4. The van der Waals surface area contributed by atoms with Crippen LogP contribution in [0.1, 0.15) is 41.9 Å². The van der Waals surface area contributed by atoms with Gasteiger partial charge in [-0.3, -0.25) is 0 Å². The lowest BCUT2D eigenvalue weighted by molar-refractivity contribution is 1.13. The number of hydrogen-bond acceptors (Lipinski definition) is 10. The molecule has 3 aromatic carbocycles. The Morgan fingerprint density at radius 3 is 1.81 bits per heavy atom. The predicted octanol–water partition coefficient (Wildman–Crippen LogP) is 10.6. The Hall–Kier alpha value is -5.88. The molecule has 0 spiro atoms. The van der Waals surface area contributed by atoms with Crippen LogP contribution in [-0.2, 0) is 12.8 Å². The van der Waals surface area contributed by atoms with Crippen molar-refractivity contribution in [1.29, 1.82) is 21.0 Å². The zero-order valence-electron chi connectivity index (χ0n) is 25.8. The number of aryl methyl sites for hydroxylation is 2. The Kier molecular flexibility index (Phi) is 8.15. The minimum absolute atomic E-state index is 0.0733. The van der Waals surface area contributed by atoms with Gasteiger partial charge in [0.2, 0.25) is 0 Å². The zero-order valence-corrected chi connectivity index (χ0v) is 28.2. The molecule has 0 bridgehead atoms. The molecule has 4 heterocycles. The summed E-state index contributed by atoms with van der Waals surface area (Å²) in [5.41, 5.74) is 6.54. The van der Waals surface area contributed by atoms with Gasteiger partial charge in [0.05, 0.1) is 20.4 Å². The molecule has 0 atom stereocenters. The average Bonchev–Trinajstić information content (AvgIpc) is 3.82. The SMILES string of the molecule is CCc1ccc(N(c2ccc(CC)cc2)c2cc3sc4cc(-c5ccc(C=C(C#N)C#N)c6nc(C#N)c(C#N)nc56)sc4c3s2)cc1. The number of thiophene rings is 3. The van der Waals surface area contributed by atoms with E-state index in [0.29, 0.717) is 16.6 Å². The number of anilines is 3. The Morgan fingerprint density at radius 2 is 1.25 bits per heavy atom. The summed E-state index contributed by atoms with van der Waals surface area (Å²) < 4.78 is 4.72. The molecule has 0 saturated heterocycles. The molecule has 7 nitrogen and oxygen atoms in total. The molecular formula is C38H23N7S3. The second-order valence-corrected chi connectivity index (χ2v) is 14.1. The standard InChI is InChI=1S/C38H23N7S3/c1-3-22-5-10-26(11-6-22)45(27-12-7-23(4-2)8-13-27)34-17-33-38(48-34)37-32(46-33)16-31(47-37)28-14-9-25(15-24(18-39)19-40)35-36(28)44-30(21-42)29(20-41)43-35/h5-17H,3-4H2,1-2H3. The van der Waals surface area contributed by atoms with Gasteiger partial charge in [-0.15, -0.1) is 34.0 Å². The number of nitrogens with zero attached hydrogens (tertiary/aromatic N) is 7. The Balaban J connectivity index is 1.37. The van der Waals surface area contributed by atoms with Crippen molar-refractivity contribution >= 4 is 86.3 Å². The van der Waals surface area contributed by atoms with E-state index in [0.717, 1.165) is 44.4 Å². The van der Waals surface area contributed by atoms with E-state index in [9.17, 15) is 21.0 Å². The molecule has 48 heavy (non-hydrogen) atoms. The summed E-state index contributed by atoms with van der Waals surface area (Å²) in [4.78, 5) is 12.3. The van der Waals surface area contributed by atoms with Crippen LogP contribution in [0.4, 0.5) is 16.4 Å². The lowest BCUT2D eigenvalue weighted by Gasteiger charge is -2.24. The van der Waals surface area contributed by atoms with Crippen molar-refractivity contribution in [3.05, 3.63) is 106 Å². The van der Waals surface area contributed by atoms with Crippen molar-refractivity contribution in [2.75, 3.05) is 4.90 Å². The van der Waals surface area contributed by atoms with Crippen molar-refractivity contribution in [2.24, 2.45) is 0 Å². The summed E-state index contributed by atoms with van der Waals surface area (Å²) in [5.74, 6) is 0. The Bertz CT molecular complexity index is 2510. The van der Waals surface area contributed by atoms with Gasteiger partial charge < -0.3 is 4.90 Å². The van der Waals surface area contributed by atoms with E-state index < -0.39 is 0 Å². The van der Waals surface area contributed by atoms with Crippen LogP contribution < -0.4 is 4.90 Å². The second-order valence-electron chi connectivity index (χ2n) is 10.9. The van der Waals surface area contributed by atoms with Gasteiger partial charge in [0, 0.05) is 36.8 Å². The average molecular weight is 674 g/mol. The first-order chi connectivity index (χ1) is 23.5. The monoisotopic (exact) mass is 673 g/mol. The van der Waals surface area contributed by atoms with Gasteiger partial charge in [-0.05, 0) is 66.4 Å². The number of aromatic nitrogens is 2. The van der Waals surface area contributed by atoms with Crippen molar-refractivity contribution in [2.45, 2.75) is 26.7 Å². The normalized spacial score (nSPS) is 10.8. The van der Waals surface area contributed by atoms with Crippen LogP contribution in [0.3, 0.4) is 0 Å². The highest BCUT2D eigenvalue weighted by atomic mass is 32.1. The fourth-order valence-corrected chi connectivity index (χ4v) is 9.69. The molecule has 4 aromatic heterocycles. The second kappa shape index (κ2) is 12.7. The Labute approximate surface area is 288 Å². The van der Waals surface area contributed by atoms with Crippen LogP contribution in [0.25, 0.3) is 46.3 Å². The zero-order chi connectivity index (χ0) is 33.4. The molecule has 0 aliphatic carbocycles. The molecule has 0 amide bonds. The lowest BCUT2D eigenvalue weighted by atomic mass is 10.0. The molecule has 0 radical (unpaired) electrons. The van der Waals surface area contributed by atoms with E-state index in [1.165, 1.54) is 31.3 Å². The van der Waals surface area contributed by atoms with Crippen LogP contribution in [0.2, 0.25) is 0 Å². The van der Waals surface area contributed by atoms with Crippen LogP contribution in [0, 0.1) is 45.3 Å². The van der Waals surface area contributed by atoms with Gasteiger partial charge in [-0.1, -0.05) is 50.2 Å². The maximum Gasteiger partial charge on any atom is 0.177 e. The number of allylic oxidation sites excluding steroid dienone is 1. The summed E-state index contributed by atoms with van der Waals surface area (Å²) >= 11 is 5.14. The maximum atomic E-state index is 9.73. The van der Waals surface area contributed by atoms with Gasteiger partial charge in [0.1, 0.15) is 34.9 Å². The van der Waals surface area contributed by atoms with Gasteiger partial charge in [-0.25, -0.2) is 9.97 Å². The largest absolute Gasteiger partial charge is 0.302 e. The van der Waals surface area contributed by atoms with E-state index in [2.05, 4.69) is 89.4 Å². The van der Waals surface area contributed by atoms with E-state index in [-0.39, 0.29) is 17.0 Å². The highest BCUT2D eigenvalue weighted by Gasteiger charge is 2.21. The number of rotatable bonds is 7. The topological polar surface area (TPSA) is 124 Å². The maximum absolute atomic E-state index is 9.73. The number of hydrogen-bond donors (Lipinski definition) is 0.